The van der Waals surface area contributed by atoms with Crippen LogP contribution in [0.15, 0.2) is 16.6 Å². The predicted octanol–water partition coefficient (Wildman–Crippen LogP) is 5.02. The van der Waals surface area contributed by atoms with Crippen LogP contribution in [0.1, 0.15) is 35.7 Å². The Morgan fingerprint density at radius 2 is 2.21 bits per heavy atom. The van der Waals surface area contributed by atoms with Gasteiger partial charge in [0.2, 0.25) is 0 Å². The average Bonchev–Trinajstić information content (AvgIpc) is 2.88. The Morgan fingerprint density at radius 1 is 1.47 bits per heavy atom. The molecule has 1 aliphatic heterocycles. The Labute approximate surface area is 132 Å². The zero-order chi connectivity index (χ0) is 14.0. The molecule has 3 atom stereocenters. The highest BCUT2D eigenvalue weighted by atomic mass is 79.9. The van der Waals surface area contributed by atoms with E-state index < -0.39 is 0 Å². The van der Waals surface area contributed by atoms with Crippen molar-refractivity contribution in [2.75, 3.05) is 13.7 Å². The van der Waals surface area contributed by atoms with E-state index in [-0.39, 0.29) is 4.83 Å². The van der Waals surface area contributed by atoms with Crippen LogP contribution in [0, 0.1) is 12.8 Å². The zero-order valence-electron chi connectivity index (χ0n) is 11.6. The molecule has 1 heterocycles. The molecule has 0 N–H and O–H groups in total. The minimum absolute atomic E-state index is 0.270. The molecule has 1 aromatic carbocycles. The van der Waals surface area contributed by atoms with Gasteiger partial charge in [-0.1, -0.05) is 38.8 Å². The molecule has 4 heteroatoms. The smallest absolute Gasteiger partial charge is 0.123 e. The molecule has 1 aliphatic rings. The van der Waals surface area contributed by atoms with Gasteiger partial charge in [-0.3, -0.25) is 0 Å². The van der Waals surface area contributed by atoms with Crippen molar-refractivity contribution in [2.24, 2.45) is 5.92 Å². The predicted molar refractivity (Wildman–Crippen MR) is 85.2 cm³/mol. The van der Waals surface area contributed by atoms with Gasteiger partial charge in [0.05, 0.1) is 13.2 Å². The number of ether oxygens (including phenoxy) is 2. The van der Waals surface area contributed by atoms with E-state index in [1.807, 2.05) is 0 Å². The molecule has 3 unspecified atom stereocenters. The maximum Gasteiger partial charge on any atom is 0.123 e. The summed E-state index contributed by atoms with van der Waals surface area (Å²) in [6.45, 7) is 5.12. The van der Waals surface area contributed by atoms with Crippen LogP contribution in [0.2, 0.25) is 0 Å². The summed E-state index contributed by atoms with van der Waals surface area (Å²) in [5, 5.41) is 0. The molecule has 0 bridgehead atoms. The van der Waals surface area contributed by atoms with Gasteiger partial charge in [-0.25, -0.2) is 0 Å². The summed E-state index contributed by atoms with van der Waals surface area (Å²) in [5.41, 5.74) is 2.39. The number of benzene rings is 1. The minimum Gasteiger partial charge on any atom is -0.496 e. The quantitative estimate of drug-likeness (QED) is 0.671. The van der Waals surface area contributed by atoms with Gasteiger partial charge in [-0.05, 0) is 37.5 Å². The van der Waals surface area contributed by atoms with Crippen LogP contribution < -0.4 is 4.74 Å². The minimum atomic E-state index is 0.270. The first-order chi connectivity index (χ1) is 9.08. The third-order valence-corrected chi connectivity index (χ3v) is 5.87. The van der Waals surface area contributed by atoms with Gasteiger partial charge >= 0.3 is 0 Å². The van der Waals surface area contributed by atoms with E-state index in [4.69, 9.17) is 9.47 Å². The van der Waals surface area contributed by atoms with Crippen molar-refractivity contribution >= 4 is 31.9 Å². The summed E-state index contributed by atoms with van der Waals surface area (Å²) < 4.78 is 12.5. The lowest BCUT2D eigenvalue weighted by molar-refractivity contribution is 0.0871. The SMILES string of the molecule is CCC1OCCC1C(Br)c1cc(Br)c(C)cc1OC. The second-order valence-electron chi connectivity index (χ2n) is 5.02. The average molecular weight is 392 g/mol. The topological polar surface area (TPSA) is 18.5 Å². The highest BCUT2D eigenvalue weighted by Gasteiger charge is 2.34. The van der Waals surface area contributed by atoms with Gasteiger partial charge < -0.3 is 9.47 Å². The van der Waals surface area contributed by atoms with E-state index in [9.17, 15) is 0 Å². The van der Waals surface area contributed by atoms with Crippen molar-refractivity contribution in [3.05, 3.63) is 27.7 Å². The fourth-order valence-electron chi connectivity index (χ4n) is 2.71. The van der Waals surface area contributed by atoms with Crippen LogP contribution in [0.3, 0.4) is 0 Å². The molecule has 1 fully saturated rings. The highest BCUT2D eigenvalue weighted by Crippen LogP contribution is 2.44. The molecule has 0 aliphatic carbocycles. The lowest BCUT2D eigenvalue weighted by Gasteiger charge is -2.24. The van der Waals surface area contributed by atoms with Crippen LogP contribution in [-0.4, -0.2) is 19.8 Å². The number of alkyl halides is 1. The summed E-state index contributed by atoms with van der Waals surface area (Å²) in [7, 11) is 1.73. The monoisotopic (exact) mass is 390 g/mol. The number of methoxy groups -OCH3 is 1. The molecular weight excluding hydrogens is 372 g/mol. The van der Waals surface area contributed by atoms with Crippen molar-refractivity contribution in [1.82, 2.24) is 0 Å². The van der Waals surface area contributed by atoms with E-state index in [1.165, 1.54) is 11.1 Å². The van der Waals surface area contributed by atoms with Crippen LogP contribution >= 0.6 is 31.9 Å². The molecule has 0 amide bonds. The van der Waals surface area contributed by atoms with Crippen LogP contribution in [0.4, 0.5) is 0 Å². The van der Waals surface area contributed by atoms with E-state index >= 15 is 0 Å². The maximum atomic E-state index is 5.80. The van der Waals surface area contributed by atoms with E-state index in [1.54, 1.807) is 7.11 Å². The van der Waals surface area contributed by atoms with Gasteiger partial charge in [-0.2, -0.15) is 0 Å². The van der Waals surface area contributed by atoms with Crippen LogP contribution in [0.5, 0.6) is 5.75 Å². The van der Waals surface area contributed by atoms with Gasteiger partial charge in [0, 0.05) is 27.4 Å². The second kappa shape index (κ2) is 6.59. The Hall–Kier alpha value is -0.0600. The molecule has 19 heavy (non-hydrogen) atoms. The largest absolute Gasteiger partial charge is 0.496 e. The van der Waals surface area contributed by atoms with Gasteiger partial charge in [0.15, 0.2) is 0 Å². The first-order valence-electron chi connectivity index (χ1n) is 6.68. The Balaban J connectivity index is 2.32. The molecule has 2 nitrogen and oxygen atoms in total. The van der Waals surface area contributed by atoms with E-state index in [0.717, 1.165) is 29.7 Å². The Bertz CT molecular complexity index is 448. The Morgan fingerprint density at radius 3 is 2.84 bits per heavy atom. The fraction of sp³-hybridized carbons (Fsp3) is 0.600. The van der Waals surface area contributed by atoms with Crippen molar-refractivity contribution in [2.45, 2.75) is 37.6 Å². The highest BCUT2D eigenvalue weighted by molar-refractivity contribution is 9.10. The summed E-state index contributed by atoms with van der Waals surface area (Å²) in [4.78, 5) is 0.270. The van der Waals surface area contributed by atoms with Crippen molar-refractivity contribution in [3.63, 3.8) is 0 Å². The standard InChI is InChI=1S/C15H20Br2O2/c1-4-13-10(5-6-19-13)15(17)11-8-12(16)9(2)7-14(11)18-3/h7-8,10,13,15H,4-6H2,1-3H3. The molecule has 1 saturated heterocycles. The normalized spacial score (nSPS) is 24.5. The molecule has 2 rings (SSSR count). The fourth-order valence-corrected chi connectivity index (χ4v) is 4.04. The Kier molecular flexibility index (Phi) is 5.32. The molecule has 0 aromatic heterocycles. The summed E-state index contributed by atoms with van der Waals surface area (Å²) >= 11 is 7.47. The number of aryl methyl sites for hydroxylation is 1. The van der Waals surface area contributed by atoms with Crippen molar-refractivity contribution < 1.29 is 9.47 Å². The second-order valence-corrected chi connectivity index (χ2v) is 6.86. The molecule has 1 aromatic rings. The molecule has 0 radical (unpaired) electrons. The van der Waals surface area contributed by atoms with Crippen molar-refractivity contribution in [3.8, 4) is 5.75 Å². The lowest BCUT2D eigenvalue weighted by atomic mass is 9.91. The molecule has 0 saturated carbocycles. The van der Waals surface area contributed by atoms with Crippen molar-refractivity contribution in [1.29, 1.82) is 0 Å². The van der Waals surface area contributed by atoms with Gasteiger partial charge in [-0.15, -0.1) is 0 Å². The molecular formula is C15H20Br2O2. The summed E-state index contributed by atoms with van der Waals surface area (Å²) in [5.74, 6) is 1.46. The number of hydrogen-bond acceptors (Lipinski definition) is 2. The first-order valence-corrected chi connectivity index (χ1v) is 8.39. The van der Waals surface area contributed by atoms with Crippen LogP contribution in [0.25, 0.3) is 0 Å². The maximum absolute atomic E-state index is 5.80. The summed E-state index contributed by atoms with van der Waals surface area (Å²) in [6.07, 6.45) is 2.50. The molecule has 0 spiro atoms. The zero-order valence-corrected chi connectivity index (χ0v) is 14.8. The number of halogens is 2. The van der Waals surface area contributed by atoms with Gasteiger partial charge in [0.25, 0.3) is 0 Å². The molecule has 106 valence electrons. The number of rotatable bonds is 4. The van der Waals surface area contributed by atoms with Gasteiger partial charge in [0.1, 0.15) is 5.75 Å². The van der Waals surface area contributed by atoms with E-state index in [2.05, 4.69) is 57.8 Å². The first kappa shape index (κ1) is 15.3. The summed E-state index contributed by atoms with van der Waals surface area (Å²) in [6, 6.07) is 4.25. The third kappa shape index (κ3) is 3.17. The van der Waals surface area contributed by atoms with E-state index in [0.29, 0.717) is 12.0 Å². The number of hydrogen-bond donors (Lipinski definition) is 0. The van der Waals surface area contributed by atoms with Crippen LogP contribution in [-0.2, 0) is 4.74 Å². The third-order valence-electron chi connectivity index (χ3n) is 3.85. The lowest BCUT2D eigenvalue weighted by Crippen LogP contribution is -2.19.